The zero-order chi connectivity index (χ0) is 20.8. The van der Waals surface area contributed by atoms with Crippen LogP contribution in [0.2, 0.25) is 0 Å². The Bertz CT molecular complexity index is 992. The summed E-state index contributed by atoms with van der Waals surface area (Å²) in [7, 11) is 0. The van der Waals surface area contributed by atoms with Gasteiger partial charge in [0, 0.05) is 0 Å². The number of carbonyl (C=O) groups is 2. The van der Waals surface area contributed by atoms with Crippen LogP contribution < -0.4 is 10.1 Å². The number of hydrogen-bond acceptors (Lipinski definition) is 5. The molecule has 0 saturated heterocycles. The first-order chi connectivity index (χ1) is 14.0. The van der Waals surface area contributed by atoms with Crippen LogP contribution in [-0.2, 0) is 14.3 Å². The van der Waals surface area contributed by atoms with Crippen LogP contribution in [-0.4, -0.2) is 34.6 Å². The first kappa shape index (κ1) is 20.2. The van der Waals surface area contributed by atoms with Crippen molar-refractivity contribution in [1.82, 2.24) is 14.9 Å². The summed E-state index contributed by atoms with van der Waals surface area (Å²) in [6, 6.07) is 15.1. The lowest BCUT2D eigenvalue weighted by atomic mass is 10.3. The summed E-state index contributed by atoms with van der Waals surface area (Å²) in [5.41, 5.74) is 0.615. The average Bonchev–Trinajstić information content (AvgIpc) is 3.11. The predicted molar refractivity (Wildman–Crippen MR) is 100 cm³/mol. The topological polar surface area (TPSA) is 82.4 Å². The lowest BCUT2D eigenvalue weighted by Gasteiger charge is -2.15. The van der Waals surface area contributed by atoms with Crippen molar-refractivity contribution < 1.29 is 27.8 Å². The minimum absolute atomic E-state index is 0.0757. The molecular weight excluding hydrogens is 384 g/mol. The molecule has 152 valence electrons. The van der Waals surface area contributed by atoms with Crippen LogP contribution in [0.15, 0.2) is 54.6 Å². The Morgan fingerprint density at radius 1 is 1.10 bits per heavy atom. The van der Waals surface area contributed by atoms with Crippen molar-refractivity contribution in [3.8, 4) is 5.75 Å². The highest BCUT2D eigenvalue weighted by Gasteiger charge is 2.24. The van der Waals surface area contributed by atoms with Crippen LogP contribution in [0.1, 0.15) is 25.4 Å². The van der Waals surface area contributed by atoms with E-state index in [1.807, 2.05) is 6.07 Å². The van der Waals surface area contributed by atoms with Crippen LogP contribution in [0.4, 0.5) is 8.78 Å². The molecule has 0 aliphatic heterocycles. The van der Waals surface area contributed by atoms with Crippen molar-refractivity contribution in [3.05, 3.63) is 60.4 Å². The van der Waals surface area contributed by atoms with Crippen LogP contribution in [0.5, 0.6) is 5.75 Å². The van der Waals surface area contributed by atoms with Crippen molar-refractivity contribution in [2.75, 3.05) is 13.2 Å². The summed E-state index contributed by atoms with van der Waals surface area (Å²) in [5, 5.41) is 2.36. The van der Waals surface area contributed by atoms with Gasteiger partial charge in [-0.25, -0.2) is 4.98 Å². The second kappa shape index (κ2) is 9.13. The molecule has 1 N–H and O–H groups in total. The number of nitrogens with zero attached hydrogens (tertiary/aromatic N) is 2. The quantitative estimate of drug-likeness (QED) is 0.584. The molecule has 1 aromatic heterocycles. The third-order valence-electron chi connectivity index (χ3n) is 4.03. The molecule has 1 heterocycles. The van der Waals surface area contributed by atoms with Gasteiger partial charge in [0.1, 0.15) is 12.3 Å². The van der Waals surface area contributed by atoms with Gasteiger partial charge in [-0.15, -0.1) is 0 Å². The summed E-state index contributed by atoms with van der Waals surface area (Å²) in [6.45, 7) is -2.09. The van der Waals surface area contributed by atoms with Crippen molar-refractivity contribution in [1.29, 1.82) is 0 Å². The molecule has 2 aromatic carbocycles. The molecule has 0 unspecified atom stereocenters. The Hall–Kier alpha value is -3.49. The smallest absolute Gasteiger partial charge is 0.326 e. The monoisotopic (exact) mass is 403 g/mol. The van der Waals surface area contributed by atoms with E-state index in [2.05, 4.69) is 10.3 Å². The number of fused-ring (bicyclic) bond motifs is 1. The van der Waals surface area contributed by atoms with Gasteiger partial charge >= 0.3 is 12.5 Å². The summed E-state index contributed by atoms with van der Waals surface area (Å²) >= 11 is 0. The first-order valence-corrected chi connectivity index (χ1v) is 8.84. The number of amides is 1. The molecule has 1 amide bonds. The van der Waals surface area contributed by atoms with Gasteiger partial charge in [-0.1, -0.05) is 30.3 Å². The minimum Gasteiger partial charge on any atom is -0.484 e. The molecular formula is C20H19F2N3O4. The second-order valence-corrected chi connectivity index (χ2v) is 6.12. The van der Waals surface area contributed by atoms with Gasteiger partial charge in [0.15, 0.2) is 18.5 Å². The molecule has 0 radical (unpaired) electrons. The van der Waals surface area contributed by atoms with E-state index in [1.54, 1.807) is 42.5 Å². The lowest BCUT2D eigenvalue weighted by Crippen LogP contribution is -2.34. The molecule has 29 heavy (non-hydrogen) atoms. The van der Waals surface area contributed by atoms with Crippen molar-refractivity contribution in [3.63, 3.8) is 0 Å². The molecule has 9 heteroatoms. The summed E-state index contributed by atoms with van der Waals surface area (Å²) in [4.78, 5) is 27.9. The Morgan fingerprint density at radius 3 is 2.52 bits per heavy atom. The molecule has 1 atom stereocenters. The molecule has 0 aliphatic rings. The Balaban J connectivity index is 1.55. The maximum absolute atomic E-state index is 13.5. The number of benzene rings is 2. The van der Waals surface area contributed by atoms with E-state index in [9.17, 15) is 18.4 Å². The number of para-hydroxylation sites is 3. The largest absolute Gasteiger partial charge is 0.484 e. The molecule has 0 fully saturated rings. The average molecular weight is 403 g/mol. The van der Waals surface area contributed by atoms with Crippen LogP contribution >= 0.6 is 0 Å². The highest BCUT2D eigenvalue weighted by atomic mass is 19.3. The maximum atomic E-state index is 13.5. The summed E-state index contributed by atoms with van der Waals surface area (Å²) in [5.74, 6) is -0.852. The van der Waals surface area contributed by atoms with Gasteiger partial charge in [-0.3, -0.25) is 14.2 Å². The number of hydrogen-bond donors (Lipinski definition) is 1. The second-order valence-electron chi connectivity index (χ2n) is 6.12. The molecule has 0 bridgehead atoms. The molecule has 0 aliphatic carbocycles. The van der Waals surface area contributed by atoms with E-state index < -0.39 is 31.1 Å². The third kappa shape index (κ3) is 5.07. The number of carbonyl (C=O) groups excluding carboxylic acids is 2. The number of ether oxygens (including phenoxy) is 2. The molecule has 0 spiro atoms. The van der Waals surface area contributed by atoms with Crippen LogP contribution in [0.3, 0.4) is 0 Å². The normalized spacial score (nSPS) is 12.0. The van der Waals surface area contributed by atoms with Gasteiger partial charge in [-0.05, 0) is 31.2 Å². The maximum Gasteiger partial charge on any atom is 0.326 e. The van der Waals surface area contributed by atoms with E-state index in [-0.39, 0.29) is 17.9 Å². The van der Waals surface area contributed by atoms with Crippen LogP contribution in [0.25, 0.3) is 11.0 Å². The van der Waals surface area contributed by atoms with E-state index in [0.717, 1.165) is 4.57 Å². The summed E-state index contributed by atoms with van der Waals surface area (Å²) in [6.07, 6.45) is -1.03. The fourth-order valence-electron chi connectivity index (χ4n) is 2.73. The van der Waals surface area contributed by atoms with Gasteiger partial charge in [-0.2, -0.15) is 8.78 Å². The fraction of sp³-hybridized carbons (Fsp3) is 0.250. The Labute approximate surface area is 165 Å². The van der Waals surface area contributed by atoms with Crippen molar-refractivity contribution in [2.24, 2.45) is 0 Å². The number of rotatable bonds is 8. The van der Waals surface area contributed by atoms with Gasteiger partial charge in [0.25, 0.3) is 5.91 Å². The van der Waals surface area contributed by atoms with E-state index in [0.29, 0.717) is 11.3 Å². The van der Waals surface area contributed by atoms with E-state index in [1.165, 1.54) is 13.0 Å². The fourth-order valence-corrected chi connectivity index (χ4v) is 2.73. The van der Waals surface area contributed by atoms with Gasteiger partial charge in [0.05, 0.1) is 11.0 Å². The summed E-state index contributed by atoms with van der Waals surface area (Å²) < 4.78 is 38.1. The van der Waals surface area contributed by atoms with E-state index in [4.69, 9.17) is 9.47 Å². The number of esters is 1. The van der Waals surface area contributed by atoms with Gasteiger partial charge < -0.3 is 14.8 Å². The Morgan fingerprint density at radius 2 is 1.79 bits per heavy atom. The molecule has 0 saturated carbocycles. The van der Waals surface area contributed by atoms with Crippen molar-refractivity contribution >= 4 is 22.9 Å². The Kier molecular flexibility index (Phi) is 6.38. The molecule has 7 nitrogen and oxygen atoms in total. The van der Waals surface area contributed by atoms with Gasteiger partial charge in [0.2, 0.25) is 0 Å². The lowest BCUT2D eigenvalue weighted by molar-refractivity contribution is -0.149. The number of halogens is 2. The number of alkyl halides is 2. The molecule has 3 aromatic rings. The third-order valence-corrected chi connectivity index (χ3v) is 4.03. The number of aromatic nitrogens is 2. The van der Waals surface area contributed by atoms with Crippen molar-refractivity contribution in [2.45, 2.75) is 19.6 Å². The zero-order valence-corrected chi connectivity index (χ0v) is 15.5. The number of nitrogens with one attached hydrogen (secondary N) is 1. The van der Waals surface area contributed by atoms with Crippen LogP contribution in [0, 0.1) is 0 Å². The van der Waals surface area contributed by atoms with E-state index >= 15 is 0 Å². The molecule has 3 rings (SSSR count). The highest BCUT2D eigenvalue weighted by Crippen LogP contribution is 2.28. The zero-order valence-electron chi connectivity index (χ0n) is 15.5. The highest BCUT2D eigenvalue weighted by molar-refractivity contribution is 5.83. The first-order valence-electron chi connectivity index (χ1n) is 8.84. The SMILES string of the molecule is C[C@H](OC(=O)CNC(=O)COc1ccccc1)c1nc2ccccc2n1C(F)F. The number of imidazole rings is 1. The standard InChI is InChI=1S/C20H19F2N3O4/c1-13(19-24-15-9-5-6-10-16(15)25(19)20(21)22)29-18(27)11-23-17(26)12-28-14-7-3-2-4-8-14/h2-10,13,20H,11-12H2,1H3,(H,23,26)/t13-/m0/s1. The minimum atomic E-state index is -2.84. The predicted octanol–water partition coefficient (Wildman–Crippen LogP) is 3.23.